The maximum Gasteiger partial charge on any atom is 0.418 e. The third kappa shape index (κ3) is 4.82. The van der Waals surface area contributed by atoms with Gasteiger partial charge in [0, 0.05) is 12.6 Å². The fraction of sp³-hybridized carbons (Fsp3) is 0.200. The van der Waals surface area contributed by atoms with Crippen LogP contribution in [-0.4, -0.2) is 33.9 Å². The Hall–Kier alpha value is -3.89. The number of rotatable bonds is 5. The molecule has 0 aliphatic carbocycles. The van der Waals surface area contributed by atoms with Crippen molar-refractivity contribution in [2.45, 2.75) is 20.0 Å². The summed E-state index contributed by atoms with van der Waals surface area (Å²) in [5.41, 5.74) is -0.807. The quantitative estimate of drug-likeness (QED) is 0.638. The van der Waals surface area contributed by atoms with Crippen LogP contribution in [0, 0.1) is 6.92 Å². The minimum atomic E-state index is -4.76. The van der Waals surface area contributed by atoms with Gasteiger partial charge in [-0.05, 0) is 49.4 Å². The molecule has 0 aliphatic heterocycles. The van der Waals surface area contributed by atoms with Crippen LogP contribution < -0.4 is 15.4 Å². The van der Waals surface area contributed by atoms with Crippen LogP contribution in [0.4, 0.5) is 24.5 Å². The molecule has 0 atom stereocenters. The zero-order valence-corrected chi connectivity index (χ0v) is 16.7. The predicted molar refractivity (Wildman–Crippen MR) is 106 cm³/mol. The summed E-state index contributed by atoms with van der Waals surface area (Å²) in [5.74, 6) is -0.743. The van der Waals surface area contributed by atoms with Gasteiger partial charge >= 0.3 is 6.18 Å². The van der Waals surface area contributed by atoms with Crippen molar-refractivity contribution in [2.75, 3.05) is 17.7 Å². The predicted octanol–water partition coefficient (Wildman–Crippen LogP) is 3.81. The SMILES string of the molecule is COc1ccc(-n2nnc(C(=O)Nc3ccc(NC(C)=O)cc3C(F)(F)F)c2C)cc1. The third-order valence-electron chi connectivity index (χ3n) is 4.32. The summed E-state index contributed by atoms with van der Waals surface area (Å²) in [6.07, 6.45) is -4.76. The Labute approximate surface area is 175 Å². The molecule has 162 valence electrons. The first-order valence-corrected chi connectivity index (χ1v) is 8.97. The maximum absolute atomic E-state index is 13.5. The van der Waals surface area contributed by atoms with Gasteiger partial charge in [0.15, 0.2) is 5.69 Å². The minimum absolute atomic E-state index is 0.0422. The zero-order chi connectivity index (χ0) is 22.8. The van der Waals surface area contributed by atoms with Gasteiger partial charge < -0.3 is 15.4 Å². The lowest BCUT2D eigenvalue weighted by Gasteiger charge is -2.15. The summed E-state index contributed by atoms with van der Waals surface area (Å²) in [6, 6.07) is 9.86. The van der Waals surface area contributed by atoms with Crippen LogP contribution in [0.3, 0.4) is 0 Å². The Kier molecular flexibility index (Phi) is 5.95. The second kappa shape index (κ2) is 8.46. The van der Waals surface area contributed by atoms with Crippen LogP contribution >= 0.6 is 0 Å². The molecule has 2 N–H and O–H groups in total. The second-order valence-electron chi connectivity index (χ2n) is 6.53. The van der Waals surface area contributed by atoms with E-state index in [9.17, 15) is 22.8 Å². The Bertz CT molecular complexity index is 1120. The molecule has 31 heavy (non-hydrogen) atoms. The number of methoxy groups -OCH3 is 1. The maximum atomic E-state index is 13.5. The lowest BCUT2D eigenvalue weighted by molar-refractivity contribution is -0.137. The molecular weight excluding hydrogens is 415 g/mol. The number of carbonyl (C=O) groups excluding carboxylic acids is 2. The Morgan fingerprint density at radius 1 is 1.06 bits per heavy atom. The highest BCUT2D eigenvalue weighted by atomic mass is 19.4. The van der Waals surface area contributed by atoms with Crippen LogP contribution in [0.2, 0.25) is 0 Å². The topological polar surface area (TPSA) is 98.1 Å². The van der Waals surface area contributed by atoms with E-state index in [0.29, 0.717) is 17.1 Å². The molecule has 3 aromatic rings. The molecule has 0 fully saturated rings. The van der Waals surface area contributed by atoms with Crippen molar-refractivity contribution < 1.29 is 27.5 Å². The number of aromatic nitrogens is 3. The number of halogens is 3. The average molecular weight is 433 g/mol. The molecule has 1 heterocycles. The van der Waals surface area contributed by atoms with E-state index >= 15 is 0 Å². The third-order valence-corrected chi connectivity index (χ3v) is 4.32. The van der Waals surface area contributed by atoms with E-state index in [1.165, 1.54) is 24.8 Å². The molecule has 2 amide bonds. The van der Waals surface area contributed by atoms with Crippen LogP contribution in [0.5, 0.6) is 5.75 Å². The molecule has 0 saturated heterocycles. The summed E-state index contributed by atoms with van der Waals surface area (Å²) in [6.45, 7) is 2.75. The second-order valence-corrected chi connectivity index (χ2v) is 6.53. The molecule has 0 spiro atoms. The van der Waals surface area contributed by atoms with Gasteiger partial charge in [0.05, 0.1) is 29.7 Å². The number of anilines is 2. The van der Waals surface area contributed by atoms with Gasteiger partial charge in [-0.3, -0.25) is 9.59 Å². The summed E-state index contributed by atoms with van der Waals surface area (Å²) < 4.78 is 46.9. The smallest absolute Gasteiger partial charge is 0.418 e. The van der Waals surface area contributed by atoms with Gasteiger partial charge in [-0.2, -0.15) is 13.2 Å². The average Bonchev–Trinajstić information content (AvgIpc) is 3.09. The van der Waals surface area contributed by atoms with E-state index in [0.717, 1.165) is 12.1 Å². The van der Waals surface area contributed by atoms with Crippen molar-refractivity contribution in [1.29, 1.82) is 0 Å². The normalized spacial score (nSPS) is 11.2. The fourth-order valence-electron chi connectivity index (χ4n) is 2.86. The van der Waals surface area contributed by atoms with E-state index in [-0.39, 0.29) is 11.4 Å². The number of benzene rings is 2. The van der Waals surface area contributed by atoms with Gasteiger partial charge in [-0.25, -0.2) is 4.68 Å². The van der Waals surface area contributed by atoms with Crippen LogP contribution in [0.15, 0.2) is 42.5 Å². The molecule has 2 aromatic carbocycles. The summed E-state index contributed by atoms with van der Waals surface area (Å²) in [5, 5.41) is 12.2. The van der Waals surface area contributed by atoms with E-state index in [4.69, 9.17) is 4.74 Å². The van der Waals surface area contributed by atoms with Crippen LogP contribution in [0.25, 0.3) is 5.69 Å². The number of nitrogens with zero attached hydrogens (tertiary/aromatic N) is 3. The van der Waals surface area contributed by atoms with Gasteiger partial charge in [0.1, 0.15) is 5.75 Å². The zero-order valence-electron chi connectivity index (χ0n) is 16.7. The number of hydrogen-bond acceptors (Lipinski definition) is 5. The minimum Gasteiger partial charge on any atom is -0.497 e. The number of carbonyl (C=O) groups is 2. The lowest BCUT2D eigenvalue weighted by Crippen LogP contribution is -2.18. The van der Waals surface area contributed by atoms with Crippen molar-refractivity contribution >= 4 is 23.2 Å². The summed E-state index contributed by atoms with van der Waals surface area (Å²) >= 11 is 0. The largest absolute Gasteiger partial charge is 0.497 e. The molecule has 0 aliphatic rings. The standard InChI is InChI=1S/C20H18F3N5O3/c1-11-18(26-27-28(11)14-5-7-15(31-3)8-6-14)19(30)25-17-9-4-13(24-12(2)29)10-16(17)20(21,22)23/h4-10H,1-3H3,(H,24,29)(H,25,30). The molecule has 0 saturated carbocycles. The molecule has 0 unspecified atom stereocenters. The summed E-state index contributed by atoms with van der Waals surface area (Å²) in [7, 11) is 1.52. The van der Waals surface area contributed by atoms with E-state index in [1.807, 2.05) is 0 Å². The van der Waals surface area contributed by atoms with Crippen LogP contribution in [0.1, 0.15) is 28.7 Å². The first kappa shape index (κ1) is 21.8. The van der Waals surface area contributed by atoms with Crippen molar-refractivity contribution in [1.82, 2.24) is 15.0 Å². The first-order valence-electron chi connectivity index (χ1n) is 8.97. The fourth-order valence-corrected chi connectivity index (χ4v) is 2.86. The van der Waals surface area contributed by atoms with E-state index < -0.39 is 29.2 Å². The summed E-state index contributed by atoms with van der Waals surface area (Å²) in [4.78, 5) is 23.8. The number of hydrogen-bond donors (Lipinski definition) is 2. The van der Waals surface area contributed by atoms with Gasteiger partial charge in [-0.1, -0.05) is 5.21 Å². The van der Waals surface area contributed by atoms with Gasteiger partial charge in [-0.15, -0.1) is 5.10 Å². The molecule has 8 nitrogen and oxygen atoms in total. The van der Waals surface area contributed by atoms with Crippen molar-refractivity contribution in [3.63, 3.8) is 0 Å². The number of amides is 2. The van der Waals surface area contributed by atoms with E-state index in [1.54, 1.807) is 31.2 Å². The van der Waals surface area contributed by atoms with E-state index in [2.05, 4.69) is 20.9 Å². The number of alkyl halides is 3. The number of ether oxygens (including phenoxy) is 1. The molecule has 3 rings (SSSR count). The van der Waals surface area contributed by atoms with Crippen LogP contribution in [-0.2, 0) is 11.0 Å². The first-order chi connectivity index (χ1) is 14.6. The van der Waals surface area contributed by atoms with Gasteiger partial charge in [0.25, 0.3) is 5.91 Å². The highest BCUT2D eigenvalue weighted by Crippen LogP contribution is 2.37. The van der Waals surface area contributed by atoms with Crippen molar-refractivity contribution in [2.24, 2.45) is 0 Å². The molecule has 1 aromatic heterocycles. The van der Waals surface area contributed by atoms with Gasteiger partial charge in [0.2, 0.25) is 5.91 Å². The van der Waals surface area contributed by atoms with Crippen molar-refractivity contribution in [3.8, 4) is 11.4 Å². The molecular formula is C20H18F3N5O3. The lowest BCUT2D eigenvalue weighted by atomic mass is 10.1. The molecule has 0 bridgehead atoms. The highest BCUT2D eigenvalue weighted by molar-refractivity contribution is 6.04. The molecule has 11 heteroatoms. The van der Waals surface area contributed by atoms with Crippen molar-refractivity contribution in [3.05, 3.63) is 59.4 Å². The molecule has 0 radical (unpaired) electrons. The highest BCUT2D eigenvalue weighted by Gasteiger charge is 2.35. The monoisotopic (exact) mass is 433 g/mol. The number of nitrogens with one attached hydrogen (secondary N) is 2. The Balaban J connectivity index is 1.89. The Morgan fingerprint density at radius 2 is 1.74 bits per heavy atom. The Morgan fingerprint density at radius 3 is 2.32 bits per heavy atom.